The average molecular weight is 344 g/mol. The number of Topliss-reactive ketones (excluding diaryl/α,β-unsaturated/α-hetero) is 1. The maximum Gasteiger partial charge on any atom is 0.316 e. The number of ether oxygens (including phenoxy) is 2. The van der Waals surface area contributed by atoms with Crippen LogP contribution in [0.3, 0.4) is 0 Å². The van der Waals surface area contributed by atoms with E-state index in [9.17, 15) is 14.4 Å². The van der Waals surface area contributed by atoms with Gasteiger partial charge in [-0.3, -0.25) is 14.4 Å². The van der Waals surface area contributed by atoms with Crippen molar-refractivity contribution in [3.05, 3.63) is 0 Å². The van der Waals surface area contributed by atoms with Crippen LogP contribution in [-0.4, -0.2) is 47.5 Å². The molecule has 0 aromatic rings. The van der Waals surface area contributed by atoms with Crippen LogP contribution in [0.2, 0.25) is 0 Å². The highest BCUT2D eigenvalue weighted by Gasteiger charge is 2.60. The van der Waals surface area contributed by atoms with Crippen LogP contribution in [0.1, 0.15) is 19.3 Å². The van der Waals surface area contributed by atoms with Gasteiger partial charge in [0.15, 0.2) is 0 Å². The number of methoxy groups -OCH3 is 2. The maximum absolute atomic E-state index is 12.5. The third kappa shape index (κ3) is 2.37. The molecule has 4 atom stereocenters. The normalized spacial score (nSPS) is 36.2. The Kier molecular flexibility index (Phi) is 4.47. The van der Waals surface area contributed by atoms with E-state index in [-0.39, 0.29) is 33.6 Å². The van der Waals surface area contributed by atoms with Crippen molar-refractivity contribution < 1.29 is 23.9 Å². The van der Waals surface area contributed by atoms with Crippen molar-refractivity contribution in [2.75, 3.05) is 25.7 Å². The molecule has 5 nitrogen and oxygen atoms in total. The first-order valence-corrected chi connectivity index (χ1v) is 9.48. The van der Waals surface area contributed by atoms with Crippen molar-refractivity contribution in [2.45, 2.75) is 23.3 Å². The number of carbonyl (C=O) groups is 3. The Morgan fingerprint density at radius 2 is 1.68 bits per heavy atom. The molecule has 3 rings (SSSR count). The lowest BCUT2D eigenvalue weighted by Gasteiger charge is -2.50. The van der Waals surface area contributed by atoms with Crippen LogP contribution >= 0.6 is 23.5 Å². The molecule has 1 aliphatic heterocycles. The molecule has 3 fully saturated rings. The van der Waals surface area contributed by atoms with Gasteiger partial charge in [-0.2, -0.15) is 0 Å². The largest absolute Gasteiger partial charge is 0.469 e. The summed E-state index contributed by atoms with van der Waals surface area (Å²) in [4.78, 5) is 36.8. The Morgan fingerprint density at radius 3 is 2.27 bits per heavy atom. The van der Waals surface area contributed by atoms with Crippen LogP contribution in [0.5, 0.6) is 0 Å². The van der Waals surface area contributed by atoms with E-state index in [1.807, 2.05) is 23.5 Å². The molecule has 0 aromatic heterocycles. The maximum atomic E-state index is 12.5. The summed E-state index contributed by atoms with van der Waals surface area (Å²) in [5.74, 6) is 0.313. The van der Waals surface area contributed by atoms with Gasteiger partial charge in [0.2, 0.25) is 0 Å². The number of fused-ring (bicyclic) bond motifs is 3. The Morgan fingerprint density at radius 1 is 1.05 bits per heavy atom. The van der Waals surface area contributed by atoms with Gasteiger partial charge in [0.05, 0.1) is 24.2 Å². The summed E-state index contributed by atoms with van der Waals surface area (Å²) in [6.07, 6.45) is 1.77. The second-order valence-corrected chi connectivity index (χ2v) is 9.08. The number of hydrogen-bond donors (Lipinski definition) is 0. The van der Waals surface area contributed by atoms with E-state index in [0.29, 0.717) is 12.8 Å². The highest BCUT2D eigenvalue weighted by Crippen LogP contribution is 2.63. The summed E-state index contributed by atoms with van der Waals surface area (Å²) in [6.45, 7) is 0. The zero-order valence-corrected chi connectivity index (χ0v) is 14.3. The van der Waals surface area contributed by atoms with Gasteiger partial charge in [-0.1, -0.05) is 0 Å². The molecule has 3 aliphatic rings. The summed E-state index contributed by atoms with van der Waals surface area (Å²) < 4.78 is 9.57. The van der Waals surface area contributed by atoms with Gasteiger partial charge in [0.25, 0.3) is 0 Å². The molecule has 4 unspecified atom stereocenters. The van der Waals surface area contributed by atoms with Crippen LogP contribution in [0, 0.1) is 23.7 Å². The fourth-order valence-corrected chi connectivity index (χ4v) is 7.94. The topological polar surface area (TPSA) is 69.7 Å². The van der Waals surface area contributed by atoms with Crippen molar-refractivity contribution in [2.24, 2.45) is 23.7 Å². The number of rotatable bonds is 2. The Labute approximate surface area is 138 Å². The van der Waals surface area contributed by atoms with Crippen LogP contribution in [-0.2, 0) is 23.9 Å². The minimum Gasteiger partial charge on any atom is -0.469 e. The highest BCUT2D eigenvalue weighted by atomic mass is 32.2. The van der Waals surface area contributed by atoms with E-state index in [1.165, 1.54) is 14.2 Å². The molecule has 122 valence electrons. The van der Waals surface area contributed by atoms with Gasteiger partial charge in [-0.05, 0) is 25.2 Å². The molecule has 22 heavy (non-hydrogen) atoms. The first-order valence-electron chi connectivity index (χ1n) is 7.50. The predicted molar refractivity (Wildman–Crippen MR) is 84.5 cm³/mol. The molecule has 2 bridgehead atoms. The minimum absolute atomic E-state index is 0.0557. The lowest BCUT2D eigenvalue weighted by atomic mass is 9.63. The second kappa shape index (κ2) is 6.07. The summed E-state index contributed by atoms with van der Waals surface area (Å²) in [6, 6.07) is 0. The number of carbonyl (C=O) groups excluding carboxylic acids is 3. The van der Waals surface area contributed by atoms with E-state index in [2.05, 4.69) is 0 Å². The first kappa shape index (κ1) is 16.2. The van der Waals surface area contributed by atoms with Gasteiger partial charge in [0, 0.05) is 17.4 Å². The van der Waals surface area contributed by atoms with Crippen LogP contribution in [0.25, 0.3) is 0 Å². The molecule has 1 heterocycles. The van der Waals surface area contributed by atoms with Crippen molar-refractivity contribution in [1.82, 2.24) is 0 Å². The monoisotopic (exact) mass is 344 g/mol. The average Bonchev–Trinajstić information content (AvgIpc) is 3.02. The molecular formula is C15H20O5S2. The molecule has 7 heteroatoms. The minimum atomic E-state index is -0.661. The summed E-state index contributed by atoms with van der Waals surface area (Å²) in [5.41, 5.74) is 0. The standard InChI is InChI=1S/C15H20O5S2/c1-19-13(17)10-7-9-5-8(12(10)16)6-11(14(18)20-2)15(9)21-3-4-22-15/h8-11H,3-7H2,1-2H3. The molecule has 0 radical (unpaired) electrons. The number of esters is 2. The van der Waals surface area contributed by atoms with E-state index < -0.39 is 11.9 Å². The van der Waals surface area contributed by atoms with Crippen LogP contribution in [0.15, 0.2) is 0 Å². The second-order valence-electron chi connectivity index (χ2n) is 6.07. The summed E-state index contributed by atoms with van der Waals surface area (Å²) >= 11 is 3.61. The van der Waals surface area contributed by atoms with E-state index in [0.717, 1.165) is 17.9 Å². The number of hydrogen-bond acceptors (Lipinski definition) is 7. The lowest BCUT2D eigenvalue weighted by molar-refractivity contribution is -0.157. The molecule has 1 spiro atoms. The van der Waals surface area contributed by atoms with Crippen LogP contribution < -0.4 is 0 Å². The number of ketones is 1. The van der Waals surface area contributed by atoms with Crippen molar-refractivity contribution in [3.63, 3.8) is 0 Å². The predicted octanol–water partition coefficient (Wildman–Crippen LogP) is 1.74. The molecule has 2 saturated carbocycles. The third-order valence-corrected chi connectivity index (χ3v) is 9.04. The Bertz CT molecular complexity index is 500. The molecule has 0 amide bonds. The smallest absolute Gasteiger partial charge is 0.316 e. The van der Waals surface area contributed by atoms with Crippen molar-refractivity contribution >= 4 is 41.2 Å². The molecular weight excluding hydrogens is 324 g/mol. The lowest BCUT2D eigenvalue weighted by Crippen LogP contribution is -2.54. The molecule has 1 saturated heterocycles. The molecule has 2 aliphatic carbocycles. The zero-order chi connectivity index (χ0) is 15.9. The van der Waals surface area contributed by atoms with Gasteiger partial charge >= 0.3 is 11.9 Å². The number of thioether (sulfide) groups is 2. The quantitative estimate of drug-likeness (QED) is 0.558. The summed E-state index contributed by atoms with van der Waals surface area (Å²) in [7, 11) is 2.73. The van der Waals surface area contributed by atoms with Gasteiger partial charge < -0.3 is 9.47 Å². The van der Waals surface area contributed by atoms with Crippen LogP contribution in [0.4, 0.5) is 0 Å². The van der Waals surface area contributed by atoms with Gasteiger partial charge in [0.1, 0.15) is 11.7 Å². The van der Waals surface area contributed by atoms with Crippen molar-refractivity contribution in [1.29, 1.82) is 0 Å². The zero-order valence-electron chi connectivity index (χ0n) is 12.7. The van der Waals surface area contributed by atoms with E-state index in [1.54, 1.807) is 0 Å². The van der Waals surface area contributed by atoms with Gasteiger partial charge in [-0.25, -0.2) is 0 Å². The van der Waals surface area contributed by atoms with E-state index in [4.69, 9.17) is 9.47 Å². The third-order valence-electron chi connectivity index (χ3n) is 5.12. The first-order chi connectivity index (χ1) is 10.5. The Hall–Kier alpha value is -0.690. The van der Waals surface area contributed by atoms with Gasteiger partial charge in [-0.15, -0.1) is 23.5 Å². The SMILES string of the molecule is COC(=O)C1CC2CC(CC(C(=O)OC)C23SCCS3)C1=O. The summed E-state index contributed by atoms with van der Waals surface area (Å²) in [5, 5.41) is 0. The van der Waals surface area contributed by atoms with Crippen molar-refractivity contribution in [3.8, 4) is 0 Å². The highest BCUT2D eigenvalue weighted by molar-refractivity contribution is 8.21. The van der Waals surface area contributed by atoms with E-state index >= 15 is 0 Å². The Balaban J connectivity index is 1.93. The fourth-order valence-electron chi connectivity index (χ4n) is 4.15. The molecule has 0 N–H and O–H groups in total. The molecule has 0 aromatic carbocycles. The fraction of sp³-hybridized carbons (Fsp3) is 0.800.